The van der Waals surface area contributed by atoms with Crippen molar-refractivity contribution in [2.75, 3.05) is 4.72 Å². The van der Waals surface area contributed by atoms with Crippen LogP contribution in [0.25, 0.3) is 0 Å². The third-order valence-electron chi connectivity index (χ3n) is 4.78. The molecule has 154 valence electrons. The van der Waals surface area contributed by atoms with Gasteiger partial charge in [0, 0.05) is 6.07 Å². The van der Waals surface area contributed by atoms with Crippen molar-refractivity contribution in [1.29, 1.82) is 0 Å². The Morgan fingerprint density at radius 1 is 0.967 bits per heavy atom. The van der Waals surface area contributed by atoms with Gasteiger partial charge in [-0.25, -0.2) is 8.42 Å². The average Bonchev–Trinajstić information content (AvgIpc) is 3.11. The Hall–Kier alpha value is -3.16. The first kappa shape index (κ1) is 20.1. The molecule has 4 rings (SSSR count). The minimum Gasteiger partial charge on any atom is -0.457 e. The van der Waals surface area contributed by atoms with Gasteiger partial charge in [-0.15, -0.1) is 0 Å². The summed E-state index contributed by atoms with van der Waals surface area (Å²) < 4.78 is 32.6. The van der Waals surface area contributed by atoms with Crippen LogP contribution < -0.4 is 14.8 Å². The van der Waals surface area contributed by atoms with Crippen molar-refractivity contribution in [3.05, 3.63) is 78.4 Å². The maximum Gasteiger partial charge on any atom is 0.235 e. The highest BCUT2D eigenvalue weighted by molar-refractivity contribution is 7.93. The molecule has 0 atom stereocenters. The molecule has 1 aliphatic rings. The predicted molar refractivity (Wildman–Crippen MR) is 119 cm³/mol. The minimum atomic E-state index is -3.38. The first-order valence-corrected chi connectivity index (χ1v) is 11.3. The number of nitrogens with one attached hydrogen (secondary N) is 1. The molecular weight excluding hydrogens is 398 g/mol. The lowest BCUT2D eigenvalue weighted by molar-refractivity contribution is -0.440. The van der Waals surface area contributed by atoms with Gasteiger partial charge < -0.3 is 4.74 Å². The van der Waals surface area contributed by atoms with E-state index in [2.05, 4.69) is 9.71 Å². The van der Waals surface area contributed by atoms with Crippen LogP contribution >= 0.6 is 0 Å². The van der Waals surface area contributed by atoms with Crippen LogP contribution in [0.4, 0.5) is 17.1 Å². The van der Waals surface area contributed by atoms with Crippen molar-refractivity contribution in [3.8, 4) is 11.5 Å². The number of anilines is 1. The van der Waals surface area contributed by atoms with Crippen LogP contribution in [-0.2, 0) is 16.4 Å². The molecule has 0 saturated carbocycles. The Bertz CT molecular complexity index is 1170. The van der Waals surface area contributed by atoms with Crippen LogP contribution in [-0.4, -0.2) is 19.5 Å². The molecule has 0 spiro atoms. The standard InChI is InChI=1S/C23H23N3O3S/c1-16(2)30(27,28)26-18-10-13-21-22(15-18)25-23(24-21)14-17-8-11-20(12-9-17)29-19-6-4-3-5-7-19/h3-13,15-16,26H,14H2,1-2H3,(H,24,25)/p+1. The van der Waals surface area contributed by atoms with Gasteiger partial charge in [0.1, 0.15) is 17.2 Å². The Kier molecular flexibility index (Phi) is 5.57. The van der Waals surface area contributed by atoms with Crippen LogP contribution in [0.5, 0.6) is 11.5 Å². The molecule has 0 aromatic heterocycles. The molecule has 0 amide bonds. The van der Waals surface area contributed by atoms with E-state index in [1.165, 1.54) is 0 Å². The van der Waals surface area contributed by atoms with Gasteiger partial charge in [0.2, 0.25) is 15.9 Å². The van der Waals surface area contributed by atoms with Gasteiger partial charge in [0.15, 0.2) is 5.69 Å². The fourth-order valence-corrected chi connectivity index (χ4v) is 3.77. The zero-order valence-electron chi connectivity index (χ0n) is 16.9. The maximum atomic E-state index is 12.1. The maximum absolute atomic E-state index is 12.1. The van der Waals surface area contributed by atoms with E-state index >= 15 is 0 Å². The van der Waals surface area contributed by atoms with E-state index in [9.17, 15) is 8.42 Å². The molecular formula is C23H24N3O3S+. The number of hydrogen-bond acceptors (Lipinski definition) is 4. The summed E-state index contributed by atoms with van der Waals surface area (Å²) in [5, 5.41) is 1.54. The number of nitrogens with two attached hydrogens (primary N) is 1. The van der Waals surface area contributed by atoms with Gasteiger partial charge in [0.25, 0.3) is 0 Å². The first-order valence-electron chi connectivity index (χ1n) is 9.79. The third-order valence-corrected chi connectivity index (χ3v) is 6.55. The Morgan fingerprint density at radius 2 is 1.67 bits per heavy atom. The summed E-state index contributed by atoms with van der Waals surface area (Å²) in [7, 11) is -3.38. The number of quaternary nitrogens is 1. The van der Waals surface area contributed by atoms with Crippen molar-refractivity contribution in [1.82, 2.24) is 0 Å². The van der Waals surface area contributed by atoms with Gasteiger partial charge in [-0.2, -0.15) is 4.99 Å². The third kappa shape index (κ3) is 4.69. The van der Waals surface area contributed by atoms with Crippen molar-refractivity contribution in [2.45, 2.75) is 25.5 Å². The van der Waals surface area contributed by atoms with Gasteiger partial charge in [0.05, 0.1) is 17.4 Å². The quantitative estimate of drug-likeness (QED) is 0.562. The van der Waals surface area contributed by atoms with Gasteiger partial charge >= 0.3 is 0 Å². The molecule has 7 heteroatoms. The number of ether oxygens (including phenoxy) is 1. The number of para-hydroxylation sites is 1. The zero-order valence-corrected chi connectivity index (χ0v) is 17.7. The average molecular weight is 423 g/mol. The number of fused-ring (bicyclic) bond motifs is 1. The molecule has 0 unspecified atom stereocenters. The van der Waals surface area contributed by atoms with Gasteiger partial charge in [-0.1, -0.05) is 30.3 Å². The molecule has 0 radical (unpaired) electrons. The number of sulfonamides is 1. The smallest absolute Gasteiger partial charge is 0.235 e. The van der Waals surface area contributed by atoms with Crippen LogP contribution in [0.1, 0.15) is 19.4 Å². The first-order chi connectivity index (χ1) is 14.4. The van der Waals surface area contributed by atoms with Crippen LogP contribution in [0.15, 0.2) is 77.8 Å². The monoisotopic (exact) mass is 422 g/mol. The van der Waals surface area contributed by atoms with E-state index < -0.39 is 15.3 Å². The fourth-order valence-electron chi connectivity index (χ4n) is 3.07. The normalized spacial score (nSPS) is 13.1. The number of hydrogen-bond donors (Lipinski definition) is 2. The number of aliphatic imine (C=N–C) groups is 1. The van der Waals surface area contributed by atoms with E-state index in [-0.39, 0.29) is 0 Å². The second-order valence-corrected chi connectivity index (χ2v) is 9.69. The second kappa shape index (κ2) is 8.30. The molecule has 0 fully saturated rings. The summed E-state index contributed by atoms with van der Waals surface area (Å²) in [6.07, 6.45) is 0.688. The molecule has 3 aromatic carbocycles. The highest BCUT2D eigenvalue weighted by atomic mass is 32.2. The molecule has 0 aliphatic carbocycles. The van der Waals surface area contributed by atoms with E-state index in [0.29, 0.717) is 12.1 Å². The summed E-state index contributed by atoms with van der Waals surface area (Å²) in [6.45, 7) is 3.30. The topological polar surface area (TPSA) is 84.4 Å². The van der Waals surface area contributed by atoms with Crippen molar-refractivity contribution in [2.24, 2.45) is 4.99 Å². The highest BCUT2D eigenvalue weighted by Crippen LogP contribution is 2.29. The molecule has 0 saturated heterocycles. The SMILES string of the molecule is CC(C)S(=O)(=O)Nc1ccc2c(c1)N=C(Cc1ccc(Oc3ccccc3)cc1)[NH2+]2. The fraction of sp³-hybridized carbons (Fsp3) is 0.174. The van der Waals surface area contributed by atoms with Crippen molar-refractivity contribution in [3.63, 3.8) is 0 Å². The minimum absolute atomic E-state index is 0.495. The van der Waals surface area contributed by atoms with E-state index in [4.69, 9.17) is 4.74 Å². The largest absolute Gasteiger partial charge is 0.457 e. The Labute approximate surface area is 176 Å². The lowest BCUT2D eigenvalue weighted by Gasteiger charge is -2.10. The zero-order chi connectivity index (χ0) is 21.1. The van der Waals surface area contributed by atoms with Crippen LogP contribution in [0, 0.1) is 0 Å². The lowest BCUT2D eigenvalue weighted by Crippen LogP contribution is -2.81. The Balaban J connectivity index is 1.42. The molecule has 3 aromatic rings. The number of nitrogens with zero attached hydrogens (tertiary/aromatic N) is 1. The summed E-state index contributed by atoms with van der Waals surface area (Å²) >= 11 is 0. The van der Waals surface area contributed by atoms with Gasteiger partial charge in [-0.3, -0.25) is 10.0 Å². The molecule has 1 heterocycles. The lowest BCUT2D eigenvalue weighted by atomic mass is 10.1. The van der Waals surface area contributed by atoms with Gasteiger partial charge in [-0.05, 0) is 55.8 Å². The molecule has 1 aliphatic heterocycles. The highest BCUT2D eigenvalue weighted by Gasteiger charge is 2.22. The van der Waals surface area contributed by atoms with Crippen molar-refractivity contribution < 1.29 is 18.5 Å². The van der Waals surface area contributed by atoms with Crippen LogP contribution in [0.3, 0.4) is 0 Å². The summed E-state index contributed by atoms with van der Waals surface area (Å²) in [6, 6.07) is 23.1. The molecule has 0 bridgehead atoms. The number of rotatable bonds is 7. The summed E-state index contributed by atoms with van der Waals surface area (Å²) in [4.78, 5) is 4.67. The van der Waals surface area contributed by atoms with Crippen LogP contribution in [0.2, 0.25) is 0 Å². The van der Waals surface area contributed by atoms with E-state index in [1.807, 2.05) is 66.0 Å². The van der Waals surface area contributed by atoms with E-state index in [1.54, 1.807) is 26.0 Å². The molecule has 30 heavy (non-hydrogen) atoms. The van der Waals surface area contributed by atoms with E-state index in [0.717, 1.165) is 34.3 Å². The molecule has 6 nitrogen and oxygen atoms in total. The second-order valence-electron chi connectivity index (χ2n) is 7.45. The molecule has 3 N–H and O–H groups in total. The Morgan fingerprint density at radius 3 is 2.37 bits per heavy atom. The predicted octanol–water partition coefficient (Wildman–Crippen LogP) is 4.11. The van der Waals surface area contributed by atoms with Crippen molar-refractivity contribution >= 4 is 32.9 Å². The summed E-state index contributed by atoms with van der Waals surface area (Å²) in [5.41, 5.74) is 3.42. The number of amidine groups is 1. The summed E-state index contributed by atoms with van der Waals surface area (Å²) in [5.74, 6) is 2.52. The number of benzene rings is 3.